The lowest BCUT2D eigenvalue weighted by atomic mass is 10.00. The average Bonchev–Trinajstić information content (AvgIpc) is 2.81. The van der Waals surface area contributed by atoms with E-state index in [1.165, 1.54) is 49.9 Å². The number of rotatable bonds is 9. The van der Waals surface area contributed by atoms with Gasteiger partial charge in [-0.05, 0) is 49.1 Å². The number of hydrazine groups is 1. The Kier molecular flexibility index (Phi) is 7.06. The van der Waals surface area contributed by atoms with Crippen LogP contribution in [0.2, 0.25) is 0 Å². The number of aromatic nitrogens is 2. The predicted molar refractivity (Wildman–Crippen MR) is 123 cm³/mol. The summed E-state index contributed by atoms with van der Waals surface area (Å²) in [5, 5.41) is 10.3. The number of nitrogens with zero attached hydrogens (tertiary/aromatic N) is 4. The molecule has 0 saturated heterocycles. The van der Waals surface area contributed by atoms with Gasteiger partial charge in [-0.15, -0.1) is 10.2 Å². The van der Waals surface area contributed by atoms with Crippen LogP contribution in [0.1, 0.15) is 36.8 Å². The van der Waals surface area contributed by atoms with Gasteiger partial charge < -0.3 is 0 Å². The second-order valence-electron chi connectivity index (χ2n) is 8.05. The van der Waals surface area contributed by atoms with Crippen LogP contribution in [0.4, 0.5) is 5.82 Å². The highest BCUT2D eigenvalue weighted by atomic mass is 15.4. The molecule has 5 heteroatoms. The van der Waals surface area contributed by atoms with E-state index in [0.29, 0.717) is 0 Å². The van der Waals surface area contributed by atoms with Gasteiger partial charge in [0.25, 0.3) is 0 Å². The third-order valence-electron chi connectivity index (χ3n) is 5.85. The Bertz CT molecular complexity index is 910. The van der Waals surface area contributed by atoms with Crippen molar-refractivity contribution in [2.45, 2.75) is 38.6 Å². The molecule has 0 fully saturated rings. The Balaban J connectivity index is 1.13. The SMILES string of the molecule is NN(CCCCCCN1CCc2ccccc2C1)c1ccc(-c2ccccc2)nn1. The van der Waals surface area contributed by atoms with E-state index >= 15 is 0 Å². The first-order valence-electron chi connectivity index (χ1n) is 11.0. The first-order valence-corrected chi connectivity index (χ1v) is 11.0. The summed E-state index contributed by atoms with van der Waals surface area (Å²) in [4.78, 5) is 2.58. The molecule has 1 aliphatic rings. The quantitative estimate of drug-likeness (QED) is 0.326. The summed E-state index contributed by atoms with van der Waals surface area (Å²) in [5.41, 5.74) is 4.96. The summed E-state index contributed by atoms with van der Waals surface area (Å²) in [6, 6.07) is 22.8. The van der Waals surface area contributed by atoms with Crippen molar-refractivity contribution in [2.75, 3.05) is 24.6 Å². The molecule has 0 atom stereocenters. The number of unbranched alkanes of at least 4 members (excludes halogenated alkanes) is 3. The summed E-state index contributed by atoms with van der Waals surface area (Å²) < 4.78 is 0. The minimum atomic E-state index is 0.724. The molecular weight excluding hydrogens is 370 g/mol. The standard InChI is InChI=1S/C25H31N5/c26-30(25-15-14-24(27-28-25)22-11-4-3-5-12-22)18-9-2-1-8-17-29-19-16-21-10-6-7-13-23(21)20-29/h3-7,10-15H,1-2,8-9,16-20,26H2. The lowest BCUT2D eigenvalue weighted by Gasteiger charge is -2.28. The second-order valence-corrected chi connectivity index (χ2v) is 8.05. The third-order valence-corrected chi connectivity index (χ3v) is 5.85. The topological polar surface area (TPSA) is 58.3 Å². The molecule has 5 nitrogen and oxygen atoms in total. The number of benzene rings is 2. The lowest BCUT2D eigenvalue weighted by molar-refractivity contribution is 0.248. The molecule has 3 aromatic rings. The van der Waals surface area contributed by atoms with E-state index in [1.54, 1.807) is 5.01 Å². The fourth-order valence-electron chi connectivity index (χ4n) is 4.07. The maximum absolute atomic E-state index is 6.18. The average molecular weight is 402 g/mol. The van der Waals surface area contributed by atoms with Gasteiger partial charge in [-0.3, -0.25) is 9.91 Å². The predicted octanol–water partition coefficient (Wildman–Crippen LogP) is 4.44. The summed E-state index contributed by atoms with van der Waals surface area (Å²) in [5.74, 6) is 6.91. The van der Waals surface area contributed by atoms with E-state index in [0.717, 1.165) is 36.6 Å². The van der Waals surface area contributed by atoms with Gasteiger partial charge in [-0.25, -0.2) is 5.84 Å². The Morgan fingerprint density at radius 3 is 2.37 bits per heavy atom. The fourth-order valence-corrected chi connectivity index (χ4v) is 4.07. The number of anilines is 1. The highest BCUT2D eigenvalue weighted by Gasteiger charge is 2.14. The molecule has 156 valence electrons. The lowest BCUT2D eigenvalue weighted by Crippen LogP contribution is -2.33. The molecule has 2 N–H and O–H groups in total. The summed E-state index contributed by atoms with van der Waals surface area (Å²) in [7, 11) is 0. The van der Waals surface area contributed by atoms with E-state index in [1.807, 2.05) is 42.5 Å². The van der Waals surface area contributed by atoms with Crippen LogP contribution in [0.25, 0.3) is 11.3 Å². The normalized spacial score (nSPS) is 13.8. The van der Waals surface area contributed by atoms with Crippen LogP contribution < -0.4 is 10.9 Å². The number of fused-ring (bicyclic) bond motifs is 1. The fraction of sp³-hybridized carbons (Fsp3) is 0.360. The van der Waals surface area contributed by atoms with Gasteiger partial charge in [0.1, 0.15) is 0 Å². The molecule has 0 bridgehead atoms. The van der Waals surface area contributed by atoms with Crippen molar-refractivity contribution in [2.24, 2.45) is 5.84 Å². The molecule has 1 aliphatic heterocycles. The molecule has 2 aromatic carbocycles. The highest BCUT2D eigenvalue weighted by Crippen LogP contribution is 2.19. The van der Waals surface area contributed by atoms with Gasteiger partial charge in [0, 0.05) is 25.2 Å². The van der Waals surface area contributed by atoms with E-state index in [4.69, 9.17) is 5.84 Å². The minimum absolute atomic E-state index is 0.724. The first-order chi connectivity index (χ1) is 14.8. The Hall–Kier alpha value is -2.76. The maximum Gasteiger partial charge on any atom is 0.165 e. The van der Waals surface area contributed by atoms with E-state index in [9.17, 15) is 0 Å². The van der Waals surface area contributed by atoms with Crippen molar-refractivity contribution in [1.82, 2.24) is 15.1 Å². The molecule has 4 rings (SSSR count). The molecule has 0 spiro atoms. The van der Waals surface area contributed by atoms with Crippen LogP contribution in [0.15, 0.2) is 66.7 Å². The van der Waals surface area contributed by atoms with Crippen molar-refractivity contribution < 1.29 is 0 Å². The second kappa shape index (κ2) is 10.3. The van der Waals surface area contributed by atoms with Crippen LogP contribution in [0, 0.1) is 0 Å². The van der Waals surface area contributed by atoms with Gasteiger partial charge in [-0.1, -0.05) is 67.4 Å². The van der Waals surface area contributed by atoms with Gasteiger partial charge in [-0.2, -0.15) is 0 Å². The largest absolute Gasteiger partial charge is 0.299 e. The molecule has 0 unspecified atom stereocenters. The van der Waals surface area contributed by atoms with E-state index < -0.39 is 0 Å². The molecule has 0 aliphatic carbocycles. The zero-order valence-corrected chi connectivity index (χ0v) is 17.6. The monoisotopic (exact) mass is 401 g/mol. The Labute approximate surface area is 179 Å². The van der Waals surface area contributed by atoms with Crippen LogP contribution in [0.3, 0.4) is 0 Å². The minimum Gasteiger partial charge on any atom is -0.299 e. The summed E-state index contributed by atoms with van der Waals surface area (Å²) in [6.07, 6.45) is 5.93. The van der Waals surface area contributed by atoms with Crippen molar-refractivity contribution in [1.29, 1.82) is 0 Å². The molecule has 0 amide bonds. The van der Waals surface area contributed by atoms with Gasteiger partial charge in [0.2, 0.25) is 0 Å². The Morgan fingerprint density at radius 2 is 1.57 bits per heavy atom. The highest BCUT2D eigenvalue weighted by molar-refractivity contribution is 5.59. The molecule has 0 radical (unpaired) electrons. The van der Waals surface area contributed by atoms with E-state index in [-0.39, 0.29) is 0 Å². The van der Waals surface area contributed by atoms with Gasteiger partial charge >= 0.3 is 0 Å². The first kappa shape index (κ1) is 20.5. The van der Waals surface area contributed by atoms with Crippen LogP contribution in [-0.2, 0) is 13.0 Å². The van der Waals surface area contributed by atoms with Crippen molar-refractivity contribution >= 4 is 5.82 Å². The van der Waals surface area contributed by atoms with Crippen molar-refractivity contribution in [3.63, 3.8) is 0 Å². The molecule has 0 saturated carbocycles. The van der Waals surface area contributed by atoms with Crippen molar-refractivity contribution in [3.05, 3.63) is 77.9 Å². The number of hydrogen-bond acceptors (Lipinski definition) is 5. The molecule has 2 heterocycles. The number of nitrogens with two attached hydrogens (primary N) is 1. The molecule has 1 aromatic heterocycles. The van der Waals surface area contributed by atoms with Crippen molar-refractivity contribution in [3.8, 4) is 11.3 Å². The van der Waals surface area contributed by atoms with Crippen LogP contribution in [0.5, 0.6) is 0 Å². The Morgan fingerprint density at radius 1 is 0.800 bits per heavy atom. The van der Waals surface area contributed by atoms with Gasteiger partial charge in [0.15, 0.2) is 5.82 Å². The third kappa shape index (κ3) is 5.43. The maximum atomic E-state index is 6.18. The summed E-state index contributed by atoms with van der Waals surface area (Å²) >= 11 is 0. The summed E-state index contributed by atoms with van der Waals surface area (Å²) in [6.45, 7) is 4.28. The van der Waals surface area contributed by atoms with Crippen LogP contribution >= 0.6 is 0 Å². The zero-order chi connectivity index (χ0) is 20.6. The smallest absolute Gasteiger partial charge is 0.165 e. The van der Waals surface area contributed by atoms with Crippen LogP contribution in [-0.4, -0.2) is 34.7 Å². The van der Waals surface area contributed by atoms with E-state index in [2.05, 4.69) is 39.4 Å². The van der Waals surface area contributed by atoms with Gasteiger partial charge in [0.05, 0.1) is 5.69 Å². The molecule has 30 heavy (non-hydrogen) atoms. The zero-order valence-electron chi connectivity index (χ0n) is 17.6. The molecular formula is C25H31N5. The number of hydrogen-bond donors (Lipinski definition) is 1.